The summed E-state index contributed by atoms with van der Waals surface area (Å²) in [7, 11) is 0. The van der Waals surface area contributed by atoms with Crippen LogP contribution in [0.25, 0.3) is 10.9 Å². The highest BCUT2D eigenvalue weighted by atomic mass is 16.2. The van der Waals surface area contributed by atoms with Crippen LogP contribution < -0.4 is 11.1 Å². The number of carbonyl (C=O) groups excluding carboxylic acids is 2. The van der Waals surface area contributed by atoms with Crippen LogP contribution >= 0.6 is 0 Å². The number of hydrogen-bond donors (Lipinski definition) is 3. The Morgan fingerprint density at radius 1 is 1.39 bits per heavy atom. The van der Waals surface area contributed by atoms with Crippen LogP contribution in [0.3, 0.4) is 0 Å². The number of amides is 2. The van der Waals surface area contributed by atoms with Crippen molar-refractivity contribution in [1.82, 2.24) is 10.3 Å². The molecule has 0 aliphatic carbocycles. The van der Waals surface area contributed by atoms with Crippen LogP contribution in [-0.4, -0.2) is 22.8 Å². The first kappa shape index (κ1) is 12.2. The molecule has 0 saturated carbocycles. The number of rotatable bonds is 4. The SMILES string of the molecule is CC(CC(N)=O)NC(=O)c1cccc2cc[nH]c12. The number of aromatic nitrogens is 1. The summed E-state index contributed by atoms with van der Waals surface area (Å²) in [5.74, 6) is -0.641. The van der Waals surface area contributed by atoms with Crippen molar-refractivity contribution in [3.8, 4) is 0 Å². The van der Waals surface area contributed by atoms with Gasteiger partial charge in [-0.05, 0) is 19.1 Å². The topological polar surface area (TPSA) is 88.0 Å². The Morgan fingerprint density at radius 2 is 2.17 bits per heavy atom. The van der Waals surface area contributed by atoms with E-state index in [0.717, 1.165) is 10.9 Å². The monoisotopic (exact) mass is 245 g/mol. The zero-order valence-electron chi connectivity index (χ0n) is 10.1. The standard InChI is InChI=1S/C13H15N3O2/c1-8(7-11(14)17)16-13(18)10-4-2-3-9-5-6-15-12(9)10/h2-6,8,15H,7H2,1H3,(H2,14,17)(H,16,18). The van der Waals surface area contributed by atoms with Gasteiger partial charge in [-0.25, -0.2) is 0 Å². The minimum Gasteiger partial charge on any atom is -0.370 e. The molecular formula is C13H15N3O2. The smallest absolute Gasteiger partial charge is 0.253 e. The second kappa shape index (κ2) is 4.91. The summed E-state index contributed by atoms with van der Waals surface area (Å²) in [5, 5.41) is 3.73. The average molecular weight is 245 g/mol. The molecule has 0 radical (unpaired) electrons. The number of para-hydroxylation sites is 1. The molecule has 1 unspecified atom stereocenters. The summed E-state index contributed by atoms with van der Waals surface area (Å²) >= 11 is 0. The Morgan fingerprint density at radius 3 is 2.89 bits per heavy atom. The Kier molecular flexibility index (Phi) is 3.32. The number of nitrogens with one attached hydrogen (secondary N) is 2. The van der Waals surface area contributed by atoms with Gasteiger partial charge in [-0.2, -0.15) is 0 Å². The van der Waals surface area contributed by atoms with Gasteiger partial charge in [0.1, 0.15) is 0 Å². The molecule has 18 heavy (non-hydrogen) atoms. The third-order valence-corrected chi connectivity index (χ3v) is 2.72. The van der Waals surface area contributed by atoms with E-state index >= 15 is 0 Å². The lowest BCUT2D eigenvalue weighted by Crippen LogP contribution is -2.35. The lowest BCUT2D eigenvalue weighted by Gasteiger charge is -2.12. The normalized spacial score (nSPS) is 12.3. The molecule has 0 fully saturated rings. The van der Waals surface area contributed by atoms with Gasteiger partial charge in [0.15, 0.2) is 0 Å². The van der Waals surface area contributed by atoms with Crippen molar-refractivity contribution in [3.05, 3.63) is 36.0 Å². The van der Waals surface area contributed by atoms with Crippen molar-refractivity contribution in [2.45, 2.75) is 19.4 Å². The number of aromatic amines is 1. The molecule has 0 bridgehead atoms. The summed E-state index contributed by atoms with van der Waals surface area (Å²) < 4.78 is 0. The molecule has 2 aromatic rings. The Hall–Kier alpha value is -2.30. The van der Waals surface area contributed by atoms with E-state index in [2.05, 4.69) is 10.3 Å². The second-order valence-corrected chi connectivity index (χ2v) is 4.29. The highest BCUT2D eigenvalue weighted by Gasteiger charge is 2.14. The molecule has 1 aromatic heterocycles. The van der Waals surface area contributed by atoms with E-state index < -0.39 is 5.91 Å². The average Bonchev–Trinajstić information content (AvgIpc) is 2.74. The van der Waals surface area contributed by atoms with Crippen molar-refractivity contribution in [2.75, 3.05) is 0 Å². The molecule has 0 aliphatic rings. The quantitative estimate of drug-likeness (QED) is 0.754. The maximum Gasteiger partial charge on any atom is 0.253 e. The van der Waals surface area contributed by atoms with E-state index in [1.807, 2.05) is 18.2 Å². The lowest BCUT2D eigenvalue weighted by molar-refractivity contribution is -0.118. The van der Waals surface area contributed by atoms with Gasteiger partial charge in [0.05, 0.1) is 11.1 Å². The van der Waals surface area contributed by atoms with E-state index in [1.54, 1.807) is 19.2 Å². The highest BCUT2D eigenvalue weighted by Crippen LogP contribution is 2.16. The zero-order chi connectivity index (χ0) is 13.1. The Balaban J connectivity index is 2.18. The van der Waals surface area contributed by atoms with Gasteiger partial charge in [-0.3, -0.25) is 9.59 Å². The van der Waals surface area contributed by atoms with Crippen LogP contribution in [0.1, 0.15) is 23.7 Å². The molecule has 1 atom stereocenters. The molecule has 5 heteroatoms. The molecule has 2 rings (SSSR count). The third-order valence-electron chi connectivity index (χ3n) is 2.72. The first-order valence-electron chi connectivity index (χ1n) is 5.73. The van der Waals surface area contributed by atoms with Crippen LogP contribution in [0.15, 0.2) is 30.5 Å². The summed E-state index contributed by atoms with van der Waals surface area (Å²) in [6.45, 7) is 1.75. The Labute approximate surface area is 104 Å². The second-order valence-electron chi connectivity index (χ2n) is 4.29. The maximum atomic E-state index is 12.1. The first-order valence-corrected chi connectivity index (χ1v) is 5.73. The van der Waals surface area contributed by atoms with Crippen molar-refractivity contribution >= 4 is 22.7 Å². The van der Waals surface area contributed by atoms with E-state index in [9.17, 15) is 9.59 Å². The minimum atomic E-state index is -0.430. The molecule has 0 aliphatic heterocycles. The predicted octanol–water partition coefficient (Wildman–Crippen LogP) is 1.16. The van der Waals surface area contributed by atoms with E-state index in [1.165, 1.54) is 0 Å². The first-order chi connectivity index (χ1) is 8.58. The molecule has 1 aromatic carbocycles. The predicted molar refractivity (Wildman–Crippen MR) is 69.0 cm³/mol. The minimum absolute atomic E-state index is 0.131. The molecule has 0 saturated heterocycles. The van der Waals surface area contributed by atoms with E-state index in [-0.39, 0.29) is 18.4 Å². The third kappa shape index (κ3) is 2.51. The fourth-order valence-electron chi connectivity index (χ4n) is 1.93. The number of nitrogens with two attached hydrogens (primary N) is 1. The van der Waals surface area contributed by atoms with Crippen LogP contribution in [0, 0.1) is 0 Å². The van der Waals surface area contributed by atoms with Crippen LogP contribution in [-0.2, 0) is 4.79 Å². The summed E-state index contributed by atoms with van der Waals surface area (Å²) in [5.41, 5.74) is 6.44. The van der Waals surface area contributed by atoms with Gasteiger partial charge >= 0.3 is 0 Å². The number of fused-ring (bicyclic) bond motifs is 1. The number of carbonyl (C=O) groups is 2. The van der Waals surface area contributed by atoms with Gasteiger partial charge in [-0.1, -0.05) is 12.1 Å². The number of benzene rings is 1. The lowest BCUT2D eigenvalue weighted by atomic mass is 10.1. The summed E-state index contributed by atoms with van der Waals surface area (Å²) in [4.78, 5) is 25.9. The number of H-pyrrole nitrogens is 1. The number of hydrogen-bond acceptors (Lipinski definition) is 2. The van der Waals surface area contributed by atoms with Gasteiger partial charge in [0.2, 0.25) is 5.91 Å². The molecule has 94 valence electrons. The molecule has 2 amide bonds. The Bertz CT molecular complexity index is 589. The largest absolute Gasteiger partial charge is 0.370 e. The molecule has 4 N–H and O–H groups in total. The van der Waals surface area contributed by atoms with Gasteiger partial charge < -0.3 is 16.0 Å². The van der Waals surface area contributed by atoms with Crippen LogP contribution in [0.2, 0.25) is 0 Å². The van der Waals surface area contributed by atoms with Gasteiger partial charge in [-0.15, -0.1) is 0 Å². The molecule has 0 spiro atoms. The molecule has 5 nitrogen and oxygen atoms in total. The van der Waals surface area contributed by atoms with Gasteiger partial charge in [0.25, 0.3) is 5.91 Å². The fraction of sp³-hybridized carbons (Fsp3) is 0.231. The zero-order valence-corrected chi connectivity index (χ0v) is 10.1. The van der Waals surface area contributed by atoms with Crippen LogP contribution in [0.4, 0.5) is 0 Å². The van der Waals surface area contributed by atoms with Gasteiger partial charge in [0, 0.05) is 24.0 Å². The van der Waals surface area contributed by atoms with E-state index in [0.29, 0.717) is 5.56 Å². The number of primary amides is 1. The summed E-state index contributed by atoms with van der Waals surface area (Å²) in [6.07, 6.45) is 1.92. The van der Waals surface area contributed by atoms with Crippen molar-refractivity contribution < 1.29 is 9.59 Å². The highest BCUT2D eigenvalue weighted by molar-refractivity contribution is 6.05. The van der Waals surface area contributed by atoms with Crippen molar-refractivity contribution in [3.63, 3.8) is 0 Å². The molecular weight excluding hydrogens is 230 g/mol. The van der Waals surface area contributed by atoms with Crippen molar-refractivity contribution in [2.24, 2.45) is 5.73 Å². The van der Waals surface area contributed by atoms with Crippen molar-refractivity contribution in [1.29, 1.82) is 0 Å². The fourth-order valence-corrected chi connectivity index (χ4v) is 1.93. The maximum absolute atomic E-state index is 12.1. The van der Waals surface area contributed by atoms with E-state index in [4.69, 9.17) is 5.73 Å². The summed E-state index contributed by atoms with van der Waals surface area (Å²) in [6, 6.07) is 7.11. The molecule has 1 heterocycles. The van der Waals surface area contributed by atoms with Crippen LogP contribution in [0.5, 0.6) is 0 Å².